The molecule has 1 unspecified atom stereocenters. The average Bonchev–Trinajstić information content (AvgIpc) is 2.46. The van der Waals surface area contributed by atoms with Crippen molar-refractivity contribution < 1.29 is 14.6 Å². The lowest BCUT2D eigenvalue weighted by Crippen LogP contribution is -2.38. The zero-order chi connectivity index (χ0) is 15.1. The number of aliphatic hydroxyl groups excluding tert-OH is 1. The summed E-state index contributed by atoms with van der Waals surface area (Å²) in [5.41, 5.74) is 0.527. The van der Waals surface area contributed by atoms with E-state index in [1.54, 1.807) is 31.4 Å². The molecule has 0 aliphatic carbocycles. The molecule has 0 radical (unpaired) electrons. The number of amides is 1. The summed E-state index contributed by atoms with van der Waals surface area (Å²) in [6.45, 7) is 5.43. The number of nitrogens with one attached hydrogen (secondary N) is 1. The number of nitrogens with zero attached hydrogens (tertiary/aromatic N) is 1. The highest BCUT2D eigenvalue weighted by molar-refractivity contribution is 5.82. The Morgan fingerprint density at radius 1 is 1.45 bits per heavy atom. The molecule has 2 N–H and O–H groups in total. The Balaban J connectivity index is 2.50. The summed E-state index contributed by atoms with van der Waals surface area (Å²) in [4.78, 5) is 14.0. The second kappa shape index (κ2) is 7.87. The van der Waals surface area contributed by atoms with Gasteiger partial charge in [0.25, 0.3) is 5.91 Å². The van der Waals surface area contributed by atoms with Crippen molar-refractivity contribution in [2.45, 2.75) is 26.0 Å². The summed E-state index contributed by atoms with van der Waals surface area (Å²) in [6, 6.07) is 7.30. The molecule has 112 valence electrons. The molecule has 5 heteroatoms. The minimum atomic E-state index is -1.17. The number of rotatable bonds is 7. The van der Waals surface area contributed by atoms with E-state index < -0.39 is 12.0 Å². The highest BCUT2D eigenvalue weighted by Crippen LogP contribution is 2.18. The molecule has 1 atom stereocenters. The van der Waals surface area contributed by atoms with Crippen LogP contribution in [-0.2, 0) is 4.79 Å². The first-order valence-corrected chi connectivity index (χ1v) is 6.75. The van der Waals surface area contributed by atoms with Crippen molar-refractivity contribution in [2.75, 3.05) is 27.2 Å². The van der Waals surface area contributed by atoms with Crippen LogP contribution in [0.25, 0.3) is 0 Å². The zero-order valence-corrected chi connectivity index (χ0v) is 12.6. The van der Waals surface area contributed by atoms with Crippen LogP contribution in [0.4, 0.5) is 0 Å². The average molecular weight is 280 g/mol. The molecule has 0 aliphatic rings. The summed E-state index contributed by atoms with van der Waals surface area (Å²) in [5, 5.41) is 12.7. The minimum absolute atomic E-state index is 0.393. The third-order valence-corrected chi connectivity index (χ3v) is 3.30. The maximum Gasteiger partial charge on any atom is 0.253 e. The second-order valence-corrected chi connectivity index (χ2v) is 5.04. The Morgan fingerprint density at radius 3 is 2.75 bits per heavy atom. The standard InChI is InChI=1S/C15H24N2O3/c1-11(2)17(3)9-8-16-15(19)14(18)12-6-5-7-13(10-12)20-4/h5-7,10-11,14,18H,8-9H2,1-4H3,(H,16,19). The van der Waals surface area contributed by atoms with E-state index in [4.69, 9.17) is 4.74 Å². The van der Waals surface area contributed by atoms with Crippen molar-refractivity contribution in [1.29, 1.82) is 0 Å². The highest BCUT2D eigenvalue weighted by Gasteiger charge is 2.17. The van der Waals surface area contributed by atoms with Crippen LogP contribution in [0, 0.1) is 0 Å². The van der Waals surface area contributed by atoms with Gasteiger partial charge >= 0.3 is 0 Å². The predicted octanol–water partition coefficient (Wildman–Crippen LogP) is 1.18. The number of hydrogen-bond acceptors (Lipinski definition) is 4. The van der Waals surface area contributed by atoms with Crippen LogP contribution in [0.3, 0.4) is 0 Å². The number of ether oxygens (including phenoxy) is 1. The van der Waals surface area contributed by atoms with Crippen molar-refractivity contribution in [2.24, 2.45) is 0 Å². The topological polar surface area (TPSA) is 61.8 Å². The SMILES string of the molecule is COc1cccc(C(O)C(=O)NCCN(C)C(C)C)c1. The summed E-state index contributed by atoms with van der Waals surface area (Å²) in [7, 11) is 3.54. The second-order valence-electron chi connectivity index (χ2n) is 5.04. The molecule has 0 saturated carbocycles. The van der Waals surface area contributed by atoms with Gasteiger partial charge in [-0.1, -0.05) is 12.1 Å². The van der Waals surface area contributed by atoms with Crippen LogP contribution < -0.4 is 10.1 Å². The fraction of sp³-hybridized carbons (Fsp3) is 0.533. The van der Waals surface area contributed by atoms with Gasteiger partial charge in [0.15, 0.2) is 6.10 Å². The molecule has 0 spiro atoms. The lowest BCUT2D eigenvalue weighted by atomic mass is 10.1. The smallest absolute Gasteiger partial charge is 0.253 e. The van der Waals surface area contributed by atoms with Gasteiger partial charge in [-0.3, -0.25) is 4.79 Å². The molecular weight excluding hydrogens is 256 g/mol. The maximum atomic E-state index is 11.9. The van der Waals surface area contributed by atoms with Crippen molar-refractivity contribution in [3.8, 4) is 5.75 Å². The van der Waals surface area contributed by atoms with Gasteiger partial charge in [0.05, 0.1) is 7.11 Å². The zero-order valence-electron chi connectivity index (χ0n) is 12.6. The van der Waals surface area contributed by atoms with E-state index in [0.29, 0.717) is 23.9 Å². The summed E-state index contributed by atoms with van der Waals surface area (Å²) in [6.07, 6.45) is -1.17. The minimum Gasteiger partial charge on any atom is -0.497 e. The number of likely N-dealkylation sites (N-methyl/N-ethyl adjacent to an activating group) is 1. The molecule has 20 heavy (non-hydrogen) atoms. The van der Waals surface area contributed by atoms with E-state index in [2.05, 4.69) is 24.1 Å². The predicted molar refractivity (Wildman–Crippen MR) is 78.7 cm³/mol. The van der Waals surface area contributed by atoms with Crippen LogP contribution in [0.2, 0.25) is 0 Å². The monoisotopic (exact) mass is 280 g/mol. The Morgan fingerprint density at radius 2 is 2.15 bits per heavy atom. The molecule has 0 aliphatic heterocycles. The molecular formula is C15H24N2O3. The van der Waals surface area contributed by atoms with Gasteiger partial charge in [0.1, 0.15) is 5.75 Å². The molecule has 1 amide bonds. The van der Waals surface area contributed by atoms with Crippen molar-refractivity contribution in [1.82, 2.24) is 10.2 Å². The van der Waals surface area contributed by atoms with Crippen molar-refractivity contribution in [3.63, 3.8) is 0 Å². The summed E-state index contributed by atoms with van der Waals surface area (Å²) >= 11 is 0. The first-order chi connectivity index (χ1) is 9.45. The highest BCUT2D eigenvalue weighted by atomic mass is 16.5. The number of benzene rings is 1. The quantitative estimate of drug-likeness (QED) is 0.787. The van der Waals surface area contributed by atoms with Gasteiger partial charge in [-0.25, -0.2) is 0 Å². The lowest BCUT2D eigenvalue weighted by Gasteiger charge is -2.21. The van der Waals surface area contributed by atoms with Crippen LogP contribution in [0.5, 0.6) is 5.75 Å². The molecule has 0 aromatic heterocycles. The van der Waals surface area contributed by atoms with E-state index in [9.17, 15) is 9.90 Å². The van der Waals surface area contributed by atoms with Gasteiger partial charge in [-0.2, -0.15) is 0 Å². The molecule has 0 fully saturated rings. The molecule has 0 bridgehead atoms. The Labute approximate surface area is 120 Å². The Kier molecular flexibility index (Phi) is 6.48. The van der Waals surface area contributed by atoms with Gasteiger partial charge in [-0.15, -0.1) is 0 Å². The number of methoxy groups -OCH3 is 1. The largest absolute Gasteiger partial charge is 0.497 e. The van der Waals surface area contributed by atoms with E-state index in [-0.39, 0.29) is 0 Å². The first kappa shape index (κ1) is 16.5. The van der Waals surface area contributed by atoms with Crippen LogP contribution >= 0.6 is 0 Å². The summed E-state index contributed by atoms with van der Waals surface area (Å²) in [5.74, 6) is 0.226. The van der Waals surface area contributed by atoms with Gasteiger partial charge in [0.2, 0.25) is 0 Å². The molecule has 1 aromatic rings. The summed E-state index contributed by atoms with van der Waals surface area (Å²) < 4.78 is 5.07. The molecule has 1 aromatic carbocycles. The van der Waals surface area contributed by atoms with Crippen LogP contribution in [0.15, 0.2) is 24.3 Å². The van der Waals surface area contributed by atoms with E-state index in [1.165, 1.54) is 0 Å². The normalized spacial score (nSPS) is 12.6. The van der Waals surface area contributed by atoms with Crippen LogP contribution in [-0.4, -0.2) is 49.2 Å². The number of hydrogen-bond donors (Lipinski definition) is 2. The van der Waals surface area contributed by atoms with Crippen LogP contribution in [0.1, 0.15) is 25.5 Å². The van der Waals surface area contributed by atoms with Gasteiger partial charge in [-0.05, 0) is 38.6 Å². The number of carbonyl (C=O) groups is 1. The fourth-order valence-electron chi connectivity index (χ4n) is 1.67. The Hall–Kier alpha value is -1.59. The lowest BCUT2D eigenvalue weighted by molar-refractivity contribution is -0.129. The number of carbonyl (C=O) groups excluding carboxylic acids is 1. The Bertz CT molecular complexity index is 435. The van der Waals surface area contributed by atoms with Gasteiger partial charge in [0, 0.05) is 19.1 Å². The fourth-order valence-corrected chi connectivity index (χ4v) is 1.67. The van der Waals surface area contributed by atoms with Crippen molar-refractivity contribution >= 4 is 5.91 Å². The molecule has 5 nitrogen and oxygen atoms in total. The maximum absolute atomic E-state index is 11.9. The molecule has 0 heterocycles. The van der Waals surface area contributed by atoms with E-state index >= 15 is 0 Å². The first-order valence-electron chi connectivity index (χ1n) is 6.75. The third kappa shape index (κ3) is 4.83. The molecule has 0 saturated heterocycles. The van der Waals surface area contributed by atoms with Crippen molar-refractivity contribution in [3.05, 3.63) is 29.8 Å². The van der Waals surface area contributed by atoms with E-state index in [0.717, 1.165) is 6.54 Å². The van der Waals surface area contributed by atoms with E-state index in [1.807, 2.05) is 7.05 Å². The third-order valence-electron chi connectivity index (χ3n) is 3.30. The number of aliphatic hydroxyl groups is 1. The van der Waals surface area contributed by atoms with Gasteiger partial charge < -0.3 is 20.1 Å². The molecule has 1 rings (SSSR count).